The molecule has 1 heterocycles. The van der Waals surface area contributed by atoms with Crippen LogP contribution in [0.1, 0.15) is 17.5 Å². The minimum Gasteiger partial charge on any atom is -0.340 e. The van der Waals surface area contributed by atoms with E-state index in [2.05, 4.69) is 0 Å². The SMILES string of the molecule is Cc1ccc(CCC(=O)N2CCN(S(=O)(=O)c3ccccc3F)CC2)cc1. The zero-order valence-corrected chi connectivity index (χ0v) is 16.1. The summed E-state index contributed by atoms with van der Waals surface area (Å²) in [4.78, 5) is 13.8. The summed E-state index contributed by atoms with van der Waals surface area (Å²) >= 11 is 0. The first-order valence-electron chi connectivity index (χ1n) is 8.96. The van der Waals surface area contributed by atoms with Gasteiger partial charge in [0.05, 0.1) is 0 Å². The van der Waals surface area contributed by atoms with Gasteiger partial charge >= 0.3 is 0 Å². The summed E-state index contributed by atoms with van der Waals surface area (Å²) < 4.78 is 40.3. The fourth-order valence-corrected chi connectivity index (χ4v) is 4.62. The van der Waals surface area contributed by atoms with E-state index in [0.717, 1.165) is 11.6 Å². The van der Waals surface area contributed by atoms with E-state index >= 15 is 0 Å². The van der Waals surface area contributed by atoms with Gasteiger partial charge in [-0.1, -0.05) is 42.0 Å². The van der Waals surface area contributed by atoms with Crippen molar-refractivity contribution in [1.29, 1.82) is 0 Å². The Bertz CT molecular complexity index is 905. The van der Waals surface area contributed by atoms with Crippen molar-refractivity contribution in [3.63, 3.8) is 0 Å². The van der Waals surface area contributed by atoms with Crippen molar-refractivity contribution in [3.05, 3.63) is 65.5 Å². The first-order valence-corrected chi connectivity index (χ1v) is 10.4. The van der Waals surface area contributed by atoms with E-state index in [1.807, 2.05) is 31.2 Å². The molecule has 1 aliphatic rings. The van der Waals surface area contributed by atoms with Crippen molar-refractivity contribution in [2.45, 2.75) is 24.7 Å². The lowest BCUT2D eigenvalue weighted by Gasteiger charge is -2.34. The molecule has 2 aromatic carbocycles. The molecule has 0 unspecified atom stereocenters. The smallest absolute Gasteiger partial charge is 0.246 e. The van der Waals surface area contributed by atoms with Gasteiger partial charge in [0.15, 0.2) is 0 Å². The molecule has 144 valence electrons. The van der Waals surface area contributed by atoms with Crippen LogP contribution in [-0.2, 0) is 21.2 Å². The molecule has 5 nitrogen and oxygen atoms in total. The molecule has 1 saturated heterocycles. The molecular weight excluding hydrogens is 367 g/mol. The molecule has 1 fully saturated rings. The summed E-state index contributed by atoms with van der Waals surface area (Å²) in [5.74, 6) is -0.743. The summed E-state index contributed by atoms with van der Waals surface area (Å²) in [6, 6.07) is 13.4. The topological polar surface area (TPSA) is 57.7 Å². The number of sulfonamides is 1. The summed E-state index contributed by atoms with van der Waals surface area (Å²) in [7, 11) is -3.88. The lowest BCUT2D eigenvalue weighted by atomic mass is 10.1. The molecule has 1 aliphatic heterocycles. The fraction of sp³-hybridized carbons (Fsp3) is 0.350. The second kappa shape index (κ2) is 8.19. The van der Waals surface area contributed by atoms with Gasteiger partial charge in [-0.15, -0.1) is 0 Å². The molecule has 0 aromatic heterocycles. The Kier molecular flexibility index (Phi) is 5.92. The lowest BCUT2D eigenvalue weighted by molar-refractivity contribution is -0.132. The van der Waals surface area contributed by atoms with Gasteiger partial charge < -0.3 is 4.90 Å². The number of hydrogen-bond acceptors (Lipinski definition) is 3. The van der Waals surface area contributed by atoms with Gasteiger partial charge in [-0.25, -0.2) is 12.8 Å². The minimum atomic E-state index is -3.88. The highest BCUT2D eigenvalue weighted by Crippen LogP contribution is 2.20. The maximum atomic E-state index is 13.9. The summed E-state index contributed by atoms with van der Waals surface area (Å²) in [5.41, 5.74) is 2.28. The normalized spacial score (nSPS) is 15.7. The third-order valence-electron chi connectivity index (χ3n) is 4.79. The zero-order valence-electron chi connectivity index (χ0n) is 15.3. The Morgan fingerprint density at radius 1 is 1.00 bits per heavy atom. The number of halogens is 1. The van der Waals surface area contributed by atoms with Gasteiger partial charge in [0.25, 0.3) is 0 Å². The number of amides is 1. The van der Waals surface area contributed by atoms with Gasteiger partial charge in [0, 0.05) is 32.6 Å². The molecule has 0 N–H and O–H groups in total. The predicted octanol–water partition coefficient (Wildman–Crippen LogP) is 2.60. The number of hydrogen-bond donors (Lipinski definition) is 0. The van der Waals surface area contributed by atoms with Crippen molar-refractivity contribution in [2.75, 3.05) is 26.2 Å². The Hall–Kier alpha value is -2.25. The molecular formula is C20H23FN2O3S. The van der Waals surface area contributed by atoms with Crippen LogP contribution in [-0.4, -0.2) is 49.7 Å². The van der Waals surface area contributed by atoms with Crippen molar-refractivity contribution in [2.24, 2.45) is 0 Å². The highest BCUT2D eigenvalue weighted by Gasteiger charge is 2.31. The maximum absolute atomic E-state index is 13.9. The third-order valence-corrected chi connectivity index (χ3v) is 6.73. The van der Waals surface area contributed by atoms with Crippen molar-refractivity contribution < 1.29 is 17.6 Å². The van der Waals surface area contributed by atoms with Crippen molar-refractivity contribution in [1.82, 2.24) is 9.21 Å². The molecule has 0 spiro atoms. The average Bonchev–Trinajstić information content (AvgIpc) is 2.67. The number of carbonyl (C=O) groups excluding carboxylic acids is 1. The molecule has 0 bridgehead atoms. The van der Waals surface area contributed by atoms with Gasteiger partial charge in [-0.2, -0.15) is 4.31 Å². The average molecular weight is 390 g/mol. The molecule has 7 heteroatoms. The molecule has 0 aliphatic carbocycles. The number of piperazine rings is 1. The molecule has 2 aromatic rings. The lowest BCUT2D eigenvalue weighted by Crippen LogP contribution is -2.50. The van der Waals surface area contributed by atoms with Gasteiger partial charge in [-0.05, 0) is 31.0 Å². The van der Waals surface area contributed by atoms with Crippen LogP contribution in [0.25, 0.3) is 0 Å². The number of carbonyl (C=O) groups is 1. The van der Waals surface area contributed by atoms with Gasteiger partial charge in [0.1, 0.15) is 10.7 Å². The Balaban J connectivity index is 1.56. The highest BCUT2D eigenvalue weighted by molar-refractivity contribution is 7.89. The minimum absolute atomic E-state index is 0.0125. The standard InChI is InChI=1S/C20H23FN2O3S/c1-16-6-8-17(9-7-16)10-11-20(24)22-12-14-23(15-13-22)27(25,26)19-5-3-2-4-18(19)21/h2-9H,10-15H2,1H3. The van der Waals surface area contributed by atoms with Crippen LogP contribution in [0, 0.1) is 12.7 Å². The second-order valence-corrected chi connectivity index (χ2v) is 8.61. The van der Waals surface area contributed by atoms with E-state index in [1.54, 1.807) is 4.90 Å². The quantitative estimate of drug-likeness (QED) is 0.789. The van der Waals surface area contributed by atoms with Gasteiger partial charge in [0.2, 0.25) is 15.9 Å². The van der Waals surface area contributed by atoms with Crippen LogP contribution in [0.3, 0.4) is 0 Å². The number of aryl methyl sites for hydroxylation is 2. The number of benzene rings is 2. The van der Waals surface area contributed by atoms with Gasteiger partial charge in [-0.3, -0.25) is 4.79 Å². The molecule has 3 rings (SSSR count). The number of rotatable bonds is 5. The molecule has 1 amide bonds. The Morgan fingerprint density at radius 2 is 1.63 bits per heavy atom. The molecule has 27 heavy (non-hydrogen) atoms. The van der Waals surface area contributed by atoms with E-state index in [4.69, 9.17) is 0 Å². The maximum Gasteiger partial charge on any atom is 0.246 e. The van der Waals surface area contributed by atoms with E-state index in [0.29, 0.717) is 25.9 Å². The summed E-state index contributed by atoms with van der Waals surface area (Å²) in [6.07, 6.45) is 1.05. The van der Waals surface area contributed by atoms with E-state index in [1.165, 1.54) is 28.1 Å². The summed E-state index contributed by atoms with van der Waals surface area (Å²) in [6.45, 7) is 3.00. The van der Waals surface area contributed by atoms with E-state index in [9.17, 15) is 17.6 Å². The molecule has 0 saturated carbocycles. The summed E-state index contributed by atoms with van der Waals surface area (Å²) in [5, 5.41) is 0. The van der Waals surface area contributed by atoms with E-state index < -0.39 is 15.8 Å². The van der Waals surface area contributed by atoms with Crippen LogP contribution in [0.5, 0.6) is 0 Å². The van der Waals surface area contributed by atoms with Crippen molar-refractivity contribution >= 4 is 15.9 Å². The number of nitrogens with zero attached hydrogens (tertiary/aromatic N) is 2. The van der Waals surface area contributed by atoms with Crippen LogP contribution in [0.4, 0.5) is 4.39 Å². The van der Waals surface area contributed by atoms with Crippen LogP contribution in [0.15, 0.2) is 53.4 Å². The third kappa shape index (κ3) is 4.54. The first-order chi connectivity index (χ1) is 12.9. The first kappa shape index (κ1) is 19.5. The highest BCUT2D eigenvalue weighted by atomic mass is 32.2. The van der Waals surface area contributed by atoms with Crippen LogP contribution < -0.4 is 0 Å². The zero-order chi connectivity index (χ0) is 19.4. The second-order valence-electron chi connectivity index (χ2n) is 6.70. The Labute approximate surface area is 159 Å². The van der Waals surface area contributed by atoms with Crippen LogP contribution >= 0.6 is 0 Å². The molecule has 0 radical (unpaired) electrons. The largest absolute Gasteiger partial charge is 0.340 e. The fourth-order valence-electron chi connectivity index (χ4n) is 3.14. The predicted molar refractivity (Wildman–Crippen MR) is 101 cm³/mol. The van der Waals surface area contributed by atoms with E-state index in [-0.39, 0.29) is 23.9 Å². The molecule has 0 atom stereocenters. The monoisotopic (exact) mass is 390 g/mol. The van der Waals surface area contributed by atoms with Crippen LogP contribution in [0.2, 0.25) is 0 Å². The Morgan fingerprint density at radius 3 is 2.26 bits per heavy atom. The van der Waals surface area contributed by atoms with Crippen molar-refractivity contribution in [3.8, 4) is 0 Å².